The molecule has 1 aliphatic rings. The summed E-state index contributed by atoms with van der Waals surface area (Å²) in [5, 5.41) is 8.14. The highest BCUT2D eigenvalue weighted by Crippen LogP contribution is 2.19. The van der Waals surface area contributed by atoms with Crippen molar-refractivity contribution in [1.82, 2.24) is 24.6 Å². The van der Waals surface area contributed by atoms with E-state index in [1.807, 2.05) is 11.6 Å². The van der Waals surface area contributed by atoms with Gasteiger partial charge < -0.3 is 14.2 Å². The van der Waals surface area contributed by atoms with E-state index in [4.69, 9.17) is 4.74 Å². The summed E-state index contributed by atoms with van der Waals surface area (Å²) in [5.41, 5.74) is 1.39. The van der Waals surface area contributed by atoms with Gasteiger partial charge in [0.1, 0.15) is 17.9 Å². The molecule has 0 amide bonds. The van der Waals surface area contributed by atoms with Gasteiger partial charge in [0.2, 0.25) is 0 Å². The molecule has 0 bridgehead atoms. The molecule has 0 spiro atoms. The molecular formula is C20H31N5O. The number of piperidine rings is 1. The van der Waals surface area contributed by atoms with Gasteiger partial charge in [0.05, 0.1) is 13.7 Å². The van der Waals surface area contributed by atoms with E-state index in [-0.39, 0.29) is 0 Å². The van der Waals surface area contributed by atoms with Crippen LogP contribution < -0.4 is 4.74 Å². The zero-order valence-electron chi connectivity index (χ0n) is 16.3. The highest BCUT2D eigenvalue weighted by Gasteiger charge is 2.20. The predicted octanol–water partition coefficient (Wildman–Crippen LogP) is 2.21. The van der Waals surface area contributed by atoms with Gasteiger partial charge in [0, 0.05) is 20.1 Å². The molecule has 1 aromatic heterocycles. The number of rotatable bonds is 8. The van der Waals surface area contributed by atoms with E-state index >= 15 is 0 Å². The second-order valence-electron chi connectivity index (χ2n) is 7.44. The van der Waals surface area contributed by atoms with Gasteiger partial charge in [-0.3, -0.25) is 4.90 Å². The Morgan fingerprint density at radius 3 is 2.54 bits per heavy atom. The third kappa shape index (κ3) is 5.29. The first kappa shape index (κ1) is 18.9. The van der Waals surface area contributed by atoms with E-state index in [9.17, 15) is 0 Å². The van der Waals surface area contributed by atoms with Crippen LogP contribution >= 0.6 is 0 Å². The Morgan fingerprint density at radius 2 is 1.92 bits per heavy atom. The molecule has 0 atom stereocenters. The molecule has 2 aromatic rings. The summed E-state index contributed by atoms with van der Waals surface area (Å²) in [6, 6.07) is 8.45. The van der Waals surface area contributed by atoms with E-state index in [1.54, 1.807) is 13.4 Å². The number of methoxy groups -OCH3 is 1. The maximum absolute atomic E-state index is 5.22. The van der Waals surface area contributed by atoms with E-state index < -0.39 is 0 Å². The largest absolute Gasteiger partial charge is 0.497 e. The van der Waals surface area contributed by atoms with E-state index in [0.29, 0.717) is 0 Å². The Kier molecular flexibility index (Phi) is 6.63. The second kappa shape index (κ2) is 9.14. The molecule has 1 saturated heterocycles. The molecule has 1 fully saturated rings. The highest BCUT2D eigenvalue weighted by atomic mass is 16.5. The number of aromatic nitrogens is 3. The summed E-state index contributed by atoms with van der Waals surface area (Å²) >= 11 is 0. The van der Waals surface area contributed by atoms with Crippen LogP contribution in [0.4, 0.5) is 0 Å². The molecule has 6 heteroatoms. The minimum absolute atomic E-state index is 0.783. The summed E-state index contributed by atoms with van der Waals surface area (Å²) in [5.74, 6) is 2.75. The lowest BCUT2D eigenvalue weighted by atomic mass is 9.96. The summed E-state index contributed by atoms with van der Waals surface area (Å²) in [6.07, 6.45) is 5.45. The quantitative estimate of drug-likeness (QED) is 0.725. The van der Waals surface area contributed by atoms with Crippen LogP contribution in [0.5, 0.6) is 5.75 Å². The predicted molar refractivity (Wildman–Crippen MR) is 103 cm³/mol. The first-order valence-corrected chi connectivity index (χ1v) is 9.50. The van der Waals surface area contributed by atoms with Gasteiger partial charge in [0.25, 0.3) is 0 Å². The van der Waals surface area contributed by atoms with E-state index in [0.717, 1.165) is 43.5 Å². The third-order valence-corrected chi connectivity index (χ3v) is 5.37. The molecule has 0 saturated carbocycles. The first-order chi connectivity index (χ1) is 12.6. The minimum Gasteiger partial charge on any atom is -0.497 e. The number of nitrogens with zero attached hydrogens (tertiary/aromatic N) is 5. The van der Waals surface area contributed by atoms with Crippen molar-refractivity contribution in [3.63, 3.8) is 0 Å². The summed E-state index contributed by atoms with van der Waals surface area (Å²) < 4.78 is 7.22. The van der Waals surface area contributed by atoms with Gasteiger partial charge in [-0.05, 0) is 63.0 Å². The topological polar surface area (TPSA) is 46.4 Å². The Labute approximate surface area is 156 Å². The summed E-state index contributed by atoms with van der Waals surface area (Å²) in [4.78, 5) is 4.98. The third-order valence-electron chi connectivity index (χ3n) is 5.37. The van der Waals surface area contributed by atoms with Crippen molar-refractivity contribution in [2.45, 2.75) is 25.8 Å². The SMILES string of the molecule is COc1ccc(CCN2CCC(CN(C)Cc3nncn3C)CC2)cc1. The average molecular weight is 358 g/mol. The first-order valence-electron chi connectivity index (χ1n) is 9.50. The van der Waals surface area contributed by atoms with Crippen molar-refractivity contribution < 1.29 is 4.74 Å². The Balaban J connectivity index is 1.36. The average Bonchev–Trinajstić information content (AvgIpc) is 3.06. The molecule has 0 aliphatic carbocycles. The standard InChI is InChI=1S/C20H31N5O/c1-23(15-20-22-21-16-24(20)2)14-18-9-12-25(13-10-18)11-8-17-4-6-19(26-3)7-5-17/h4-7,16,18H,8-15H2,1-3H3. The molecule has 1 aromatic carbocycles. The summed E-state index contributed by atoms with van der Waals surface area (Å²) in [7, 11) is 5.90. The fourth-order valence-corrected chi connectivity index (χ4v) is 3.67. The van der Waals surface area contributed by atoms with Crippen LogP contribution in [0.25, 0.3) is 0 Å². The molecule has 26 heavy (non-hydrogen) atoms. The van der Waals surface area contributed by atoms with Crippen molar-refractivity contribution >= 4 is 0 Å². The van der Waals surface area contributed by atoms with Crippen LogP contribution in [-0.2, 0) is 20.0 Å². The van der Waals surface area contributed by atoms with Crippen LogP contribution in [0.1, 0.15) is 24.2 Å². The molecule has 1 aliphatic heterocycles. The van der Waals surface area contributed by atoms with Crippen molar-refractivity contribution in [2.24, 2.45) is 13.0 Å². The Morgan fingerprint density at radius 1 is 1.19 bits per heavy atom. The molecule has 0 unspecified atom stereocenters. The zero-order valence-corrected chi connectivity index (χ0v) is 16.3. The highest BCUT2D eigenvalue weighted by molar-refractivity contribution is 5.27. The van der Waals surface area contributed by atoms with Crippen molar-refractivity contribution in [3.05, 3.63) is 42.0 Å². The molecule has 0 radical (unpaired) electrons. The molecular weight excluding hydrogens is 326 g/mol. The number of aryl methyl sites for hydroxylation is 1. The van der Waals surface area contributed by atoms with Crippen LogP contribution in [0.2, 0.25) is 0 Å². The van der Waals surface area contributed by atoms with Gasteiger partial charge in [-0.2, -0.15) is 0 Å². The fourth-order valence-electron chi connectivity index (χ4n) is 3.67. The molecule has 0 N–H and O–H groups in total. The van der Waals surface area contributed by atoms with E-state index in [2.05, 4.69) is 51.3 Å². The normalized spacial score (nSPS) is 16.3. The van der Waals surface area contributed by atoms with Gasteiger partial charge in [-0.25, -0.2) is 0 Å². The second-order valence-corrected chi connectivity index (χ2v) is 7.44. The molecule has 3 rings (SSSR count). The lowest BCUT2D eigenvalue weighted by Crippen LogP contribution is -2.38. The zero-order chi connectivity index (χ0) is 18.4. The van der Waals surface area contributed by atoms with Crippen LogP contribution in [0.3, 0.4) is 0 Å². The lowest BCUT2D eigenvalue weighted by Gasteiger charge is -2.33. The fraction of sp³-hybridized carbons (Fsp3) is 0.600. The van der Waals surface area contributed by atoms with Crippen molar-refractivity contribution in [1.29, 1.82) is 0 Å². The maximum atomic E-state index is 5.22. The van der Waals surface area contributed by atoms with Gasteiger partial charge in [-0.1, -0.05) is 12.1 Å². The number of hydrogen-bond donors (Lipinski definition) is 0. The van der Waals surface area contributed by atoms with Crippen molar-refractivity contribution in [2.75, 3.05) is 40.3 Å². The molecule has 6 nitrogen and oxygen atoms in total. The van der Waals surface area contributed by atoms with Gasteiger partial charge in [0.15, 0.2) is 0 Å². The minimum atomic E-state index is 0.783. The Hall–Kier alpha value is -1.92. The number of hydrogen-bond acceptors (Lipinski definition) is 5. The van der Waals surface area contributed by atoms with Gasteiger partial charge in [-0.15, -0.1) is 10.2 Å². The van der Waals surface area contributed by atoms with Crippen LogP contribution in [-0.4, -0.2) is 64.9 Å². The Bertz CT molecular complexity index is 661. The number of ether oxygens (including phenoxy) is 1. The van der Waals surface area contributed by atoms with Crippen LogP contribution in [0.15, 0.2) is 30.6 Å². The van der Waals surface area contributed by atoms with Crippen LogP contribution in [0, 0.1) is 5.92 Å². The number of benzene rings is 1. The summed E-state index contributed by atoms with van der Waals surface area (Å²) in [6.45, 7) is 5.57. The monoisotopic (exact) mass is 357 g/mol. The van der Waals surface area contributed by atoms with Crippen molar-refractivity contribution in [3.8, 4) is 5.75 Å². The maximum Gasteiger partial charge on any atom is 0.146 e. The molecule has 2 heterocycles. The number of likely N-dealkylation sites (tertiary alicyclic amines) is 1. The molecule has 142 valence electrons. The van der Waals surface area contributed by atoms with Gasteiger partial charge >= 0.3 is 0 Å². The smallest absolute Gasteiger partial charge is 0.146 e. The lowest BCUT2D eigenvalue weighted by molar-refractivity contribution is 0.152. The van der Waals surface area contributed by atoms with E-state index in [1.165, 1.54) is 31.5 Å².